The van der Waals surface area contributed by atoms with E-state index >= 15 is 0 Å². The van der Waals surface area contributed by atoms with Crippen LogP contribution in [-0.2, 0) is 23.6 Å². The maximum Gasteiger partial charge on any atom is 0.240 e. The lowest BCUT2D eigenvalue weighted by Gasteiger charge is -2.22. The third kappa shape index (κ3) is 6.11. The second-order valence-electron chi connectivity index (χ2n) is 6.41. The number of nitrogens with one attached hydrogen (secondary N) is 2. The summed E-state index contributed by atoms with van der Waals surface area (Å²) in [5.74, 6) is 0.744. The number of hydrogen-bond donors (Lipinski definition) is 2. The summed E-state index contributed by atoms with van der Waals surface area (Å²) in [5, 5.41) is 3.24. The predicted molar refractivity (Wildman–Crippen MR) is 109 cm³/mol. The van der Waals surface area contributed by atoms with E-state index < -0.39 is 10.0 Å². The number of guanidine groups is 1. The van der Waals surface area contributed by atoms with Crippen LogP contribution in [-0.4, -0.2) is 50.5 Å². The molecule has 0 unspecified atom stereocenters. The fourth-order valence-corrected chi connectivity index (χ4v) is 3.61. The Kier molecular flexibility index (Phi) is 7.44. The molecule has 0 bridgehead atoms. The molecule has 148 valence electrons. The van der Waals surface area contributed by atoms with Crippen molar-refractivity contribution >= 4 is 16.0 Å². The Morgan fingerprint density at radius 1 is 1.22 bits per heavy atom. The van der Waals surface area contributed by atoms with Crippen LogP contribution in [0, 0.1) is 6.92 Å². The van der Waals surface area contributed by atoms with Gasteiger partial charge in [-0.25, -0.2) is 13.1 Å². The van der Waals surface area contributed by atoms with Gasteiger partial charge in [0.25, 0.3) is 0 Å². The predicted octanol–water partition coefficient (Wildman–Crippen LogP) is 1.71. The third-order valence-electron chi connectivity index (χ3n) is 4.14. The number of aryl methyl sites for hydroxylation is 2. The Bertz CT molecular complexity index is 856. The van der Waals surface area contributed by atoms with Crippen LogP contribution in [0.25, 0.3) is 0 Å². The molecule has 0 atom stereocenters. The van der Waals surface area contributed by atoms with Gasteiger partial charge in [0.1, 0.15) is 0 Å². The number of benzene rings is 1. The first-order valence-electron chi connectivity index (χ1n) is 8.99. The number of hydrogen-bond acceptors (Lipinski definition) is 3. The average molecular weight is 392 g/mol. The zero-order chi connectivity index (χ0) is 19.9. The fourth-order valence-electron chi connectivity index (χ4n) is 2.59. The van der Waals surface area contributed by atoms with Gasteiger partial charge in [-0.05, 0) is 38.1 Å². The molecule has 2 N–H and O–H groups in total. The zero-order valence-corrected chi connectivity index (χ0v) is 17.3. The summed E-state index contributed by atoms with van der Waals surface area (Å²) in [7, 11) is 0.460. The molecule has 8 heteroatoms. The Labute approximate surface area is 162 Å². The molecule has 0 fully saturated rings. The van der Waals surface area contributed by atoms with Gasteiger partial charge in [0.2, 0.25) is 10.0 Å². The molecule has 2 rings (SSSR count). The molecule has 1 heterocycles. The maximum atomic E-state index is 12.3. The number of aromatic nitrogens is 1. The topological polar surface area (TPSA) is 78.7 Å². The van der Waals surface area contributed by atoms with E-state index in [1.165, 1.54) is 5.69 Å². The highest BCUT2D eigenvalue weighted by molar-refractivity contribution is 7.89. The summed E-state index contributed by atoms with van der Waals surface area (Å²) >= 11 is 0. The van der Waals surface area contributed by atoms with Crippen molar-refractivity contribution in [3.63, 3.8) is 0 Å². The van der Waals surface area contributed by atoms with Crippen molar-refractivity contribution in [3.05, 3.63) is 53.9 Å². The molecule has 0 aliphatic heterocycles. The molecule has 0 saturated carbocycles. The molecule has 0 amide bonds. The van der Waals surface area contributed by atoms with Gasteiger partial charge in [0.05, 0.1) is 18.0 Å². The fraction of sp³-hybridized carbons (Fsp3) is 0.421. The third-order valence-corrected chi connectivity index (χ3v) is 5.62. The van der Waals surface area contributed by atoms with Crippen LogP contribution in [0.3, 0.4) is 0 Å². The average Bonchev–Trinajstić information content (AvgIpc) is 3.02. The van der Waals surface area contributed by atoms with Gasteiger partial charge in [0, 0.05) is 39.1 Å². The van der Waals surface area contributed by atoms with E-state index in [9.17, 15) is 8.42 Å². The van der Waals surface area contributed by atoms with Crippen molar-refractivity contribution in [1.82, 2.24) is 19.5 Å². The Morgan fingerprint density at radius 2 is 1.93 bits per heavy atom. The van der Waals surface area contributed by atoms with E-state index in [2.05, 4.69) is 25.7 Å². The monoisotopic (exact) mass is 391 g/mol. The van der Waals surface area contributed by atoms with Gasteiger partial charge in [-0.1, -0.05) is 17.7 Å². The van der Waals surface area contributed by atoms with E-state index in [4.69, 9.17) is 0 Å². The summed E-state index contributed by atoms with van der Waals surface area (Å²) in [5.41, 5.74) is 2.19. The molecular weight excluding hydrogens is 362 g/mol. The normalized spacial score (nSPS) is 12.2. The quantitative estimate of drug-likeness (QED) is 0.408. The lowest BCUT2D eigenvalue weighted by molar-refractivity contribution is 0.462. The van der Waals surface area contributed by atoms with Crippen LogP contribution < -0.4 is 10.0 Å². The van der Waals surface area contributed by atoms with Gasteiger partial charge in [-0.2, -0.15) is 0 Å². The highest BCUT2D eigenvalue weighted by Crippen LogP contribution is 2.09. The minimum absolute atomic E-state index is 0.239. The van der Waals surface area contributed by atoms with Crippen LogP contribution in [0.2, 0.25) is 0 Å². The van der Waals surface area contributed by atoms with E-state index in [1.807, 2.05) is 45.1 Å². The first-order chi connectivity index (χ1) is 12.8. The first kappa shape index (κ1) is 21.0. The van der Waals surface area contributed by atoms with E-state index in [-0.39, 0.29) is 11.4 Å². The van der Waals surface area contributed by atoms with Gasteiger partial charge < -0.3 is 14.8 Å². The second-order valence-corrected chi connectivity index (χ2v) is 8.18. The minimum Gasteiger partial charge on any atom is -0.357 e. The van der Waals surface area contributed by atoms with Gasteiger partial charge in [-0.3, -0.25) is 4.99 Å². The Hall–Kier alpha value is -2.32. The largest absolute Gasteiger partial charge is 0.357 e. The Morgan fingerprint density at radius 3 is 2.52 bits per heavy atom. The molecule has 2 aromatic rings. The van der Waals surface area contributed by atoms with Crippen molar-refractivity contribution in [3.8, 4) is 0 Å². The molecule has 0 spiro atoms. The van der Waals surface area contributed by atoms with Gasteiger partial charge in [0.15, 0.2) is 5.96 Å². The van der Waals surface area contributed by atoms with Gasteiger partial charge >= 0.3 is 0 Å². The number of sulfonamides is 1. The molecular formula is C19H29N5O2S. The molecule has 1 aromatic heterocycles. The molecule has 7 nitrogen and oxygen atoms in total. The molecule has 0 aliphatic rings. The molecule has 0 radical (unpaired) electrons. The van der Waals surface area contributed by atoms with Crippen molar-refractivity contribution < 1.29 is 8.42 Å². The second kappa shape index (κ2) is 9.57. The summed E-state index contributed by atoms with van der Waals surface area (Å²) in [6.45, 7) is 5.97. The van der Waals surface area contributed by atoms with Crippen LogP contribution in [0.4, 0.5) is 0 Å². The van der Waals surface area contributed by atoms with E-state index in [0.29, 0.717) is 13.1 Å². The lowest BCUT2D eigenvalue weighted by Crippen LogP contribution is -2.39. The number of rotatable bonds is 8. The first-order valence-corrected chi connectivity index (χ1v) is 10.5. The SMILES string of the molecule is CCNC(=NCCNS(=O)(=O)c1ccc(C)cc1)N(C)Cc1cccn1C. The van der Waals surface area contributed by atoms with Crippen molar-refractivity contribution in [2.45, 2.75) is 25.3 Å². The molecule has 0 aliphatic carbocycles. The summed E-state index contributed by atoms with van der Waals surface area (Å²) < 4.78 is 29.3. The Balaban J connectivity index is 1.94. The minimum atomic E-state index is -3.51. The molecule has 1 aromatic carbocycles. The van der Waals surface area contributed by atoms with Crippen molar-refractivity contribution in [2.24, 2.45) is 12.0 Å². The highest BCUT2D eigenvalue weighted by Gasteiger charge is 2.13. The summed E-state index contributed by atoms with van der Waals surface area (Å²) in [6.07, 6.45) is 2.01. The van der Waals surface area contributed by atoms with Crippen LogP contribution in [0.5, 0.6) is 0 Å². The standard InChI is InChI=1S/C19H29N5O2S/c1-5-20-19(24(4)15-17-7-6-14-23(17)3)21-12-13-22-27(25,26)18-10-8-16(2)9-11-18/h6-11,14,22H,5,12-13,15H2,1-4H3,(H,20,21). The summed E-state index contributed by atoms with van der Waals surface area (Å²) in [6, 6.07) is 10.9. The van der Waals surface area contributed by atoms with Crippen LogP contribution in [0.15, 0.2) is 52.5 Å². The van der Waals surface area contributed by atoms with E-state index in [1.54, 1.807) is 24.3 Å². The number of nitrogens with zero attached hydrogens (tertiary/aromatic N) is 3. The maximum absolute atomic E-state index is 12.3. The highest BCUT2D eigenvalue weighted by atomic mass is 32.2. The van der Waals surface area contributed by atoms with Crippen molar-refractivity contribution in [2.75, 3.05) is 26.7 Å². The zero-order valence-electron chi connectivity index (χ0n) is 16.4. The summed E-state index contributed by atoms with van der Waals surface area (Å²) in [4.78, 5) is 6.82. The van der Waals surface area contributed by atoms with E-state index in [0.717, 1.165) is 18.1 Å². The number of aliphatic imine (C=N–C) groups is 1. The van der Waals surface area contributed by atoms with Crippen LogP contribution >= 0.6 is 0 Å². The van der Waals surface area contributed by atoms with Crippen molar-refractivity contribution in [1.29, 1.82) is 0 Å². The van der Waals surface area contributed by atoms with Gasteiger partial charge in [-0.15, -0.1) is 0 Å². The van der Waals surface area contributed by atoms with Crippen LogP contribution in [0.1, 0.15) is 18.2 Å². The molecule has 0 saturated heterocycles. The molecule has 27 heavy (non-hydrogen) atoms. The smallest absolute Gasteiger partial charge is 0.240 e. The lowest BCUT2D eigenvalue weighted by atomic mass is 10.2.